The lowest BCUT2D eigenvalue weighted by atomic mass is 9.32. The number of aliphatic hydroxyl groups is 1. The maximum absolute atomic E-state index is 14.4. The summed E-state index contributed by atoms with van der Waals surface area (Å²) in [7, 11) is 0. The molecule has 0 aromatic rings. The van der Waals surface area contributed by atoms with Crippen LogP contribution in [0.15, 0.2) is 12.2 Å². The lowest BCUT2D eigenvalue weighted by Crippen LogP contribution is -2.67. The number of aliphatic hydroxyl groups excluding tert-OH is 1. The summed E-state index contributed by atoms with van der Waals surface area (Å²) >= 11 is 0. The van der Waals surface area contributed by atoms with Crippen molar-refractivity contribution in [3.05, 3.63) is 12.2 Å². The number of hydrogen-bond acceptors (Lipinski definition) is 4. The Bertz CT molecular complexity index is 1260. The number of unbranched alkanes of at least 4 members (excludes halogenated alkanes) is 4. The average molecular weight is 683 g/mol. The third-order valence-corrected chi connectivity index (χ3v) is 16.4. The first-order valence-corrected chi connectivity index (χ1v) is 20.1. The van der Waals surface area contributed by atoms with Gasteiger partial charge in [0.25, 0.3) is 0 Å². The molecule has 0 radical (unpaired) electrons. The minimum Gasteiger partial charge on any atom is -0.481 e. The zero-order chi connectivity index (χ0) is 36.0. The van der Waals surface area contributed by atoms with E-state index >= 15 is 0 Å². The molecule has 5 saturated carbocycles. The molecule has 0 heterocycles. The van der Waals surface area contributed by atoms with Crippen molar-refractivity contribution in [2.75, 3.05) is 13.1 Å². The molecule has 5 aliphatic rings. The molecule has 7 nitrogen and oxygen atoms in total. The molecule has 4 N–H and O–H groups in total. The van der Waals surface area contributed by atoms with Gasteiger partial charge < -0.3 is 20.8 Å². The summed E-state index contributed by atoms with van der Waals surface area (Å²) in [6.07, 6.45) is 16.1. The van der Waals surface area contributed by atoms with Crippen LogP contribution in [0.25, 0.3) is 0 Å². The zero-order valence-corrected chi connectivity index (χ0v) is 32.1. The minimum atomic E-state index is -0.896. The van der Waals surface area contributed by atoms with E-state index in [4.69, 9.17) is 5.11 Å². The maximum atomic E-state index is 14.4. The fourth-order valence-corrected chi connectivity index (χ4v) is 13.3. The Hall–Kier alpha value is -1.89. The van der Waals surface area contributed by atoms with Gasteiger partial charge in [0, 0.05) is 19.5 Å². The summed E-state index contributed by atoms with van der Waals surface area (Å²) in [5.41, 5.74) is 1.62. The topological polar surface area (TPSA) is 116 Å². The summed E-state index contributed by atoms with van der Waals surface area (Å²) < 4.78 is 0. The van der Waals surface area contributed by atoms with E-state index in [1.165, 1.54) is 31.3 Å². The average Bonchev–Trinajstić information content (AvgIpc) is 3.44. The highest BCUT2D eigenvalue weighted by molar-refractivity contribution is 5.84. The molecule has 278 valence electrons. The van der Waals surface area contributed by atoms with E-state index in [9.17, 15) is 19.5 Å². The van der Waals surface area contributed by atoms with Gasteiger partial charge in [-0.25, -0.2) is 0 Å². The van der Waals surface area contributed by atoms with Gasteiger partial charge in [-0.1, -0.05) is 73.0 Å². The Labute approximate surface area is 297 Å². The van der Waals surface area contributed by atoms with Crippen LogP contribution in [0.5, 0.6) is 0 Å². The Balaban J connectivity index is 1.19. The standard InChI is InChI=1S/C42H70N2O5/c1-27(2)29-17-22-42(37(49)43-25-13-11-9-10-12-14-34(46)44-26-28(3)36(47)48)24-23-40(7)30(35(29)42)15-16-32-39(6)20-19-33(45)38(4,5)31(39)18-21-41(32,40)8/h28-33,35,45H,1,9-26H2,2-8H3,(H,43,49)(H,44,46)(H,47,48)/t28-,29-,30+,31-,32+,33-,35+,39-,40+,41+,42-/m0/s1. The minimum absolute atomic E-state index is 0.0393. The van der Waals surface area contributed by atoms with Crippen molar-refractivity contribution in [2.24, 2.45) is 62.6 Å². The van der Waals surface area contributed by atoms with Crippen LogP contribution in [0.2, 0.25) is 0 Å². The maximum Gasteiger partial charge on any atom is 0.308 e. The van der Waals surface area contributed by atoms with E-state index in [1.807, 2.05) is 0 Å². The molecule has 0 aromatic carbocycles. The Morgan fingerprint density at radius 1 is 0.796 bits per heavy atom. The van der Waals surface area contributed by atoms with E-state index in [0.29, 0.717) is 48.5 Å². The van der Waals surface area contributed by atoms with Gasteiger partial charge in [0.15, 0.2) is 0 Å². The Morgan fingerprint density at radius 3 is 2.18 bits per heavy atom. The van der Waals surface area contributed by atoms with Crippen molar-refractivity contribution in [2.45, 2.75) is 157 Å². The molecule has 0 bridgehead atoms. The van der Waals surface area contributed by atoms with Gasteiger partial charge in [-0.2, -0.15) is 0 Å². The van der Waals surface area contributed by atoms with Crippen LogP contribution in [0.3, 0.4) is 0 Å². The zero-order valence-electron chi connectivity index (χ0n) is 32.1. The van der Waals surface area contributed by atoms with Crippen molar-refractivity contribution >= 4 is 17.8 Å². The summed E-state index contributed by atoms with van der Waals surface area (Å²) in [6, 6.07) is 0. The highest BCUT2D eigenvalue weighted by Crippen LogP contribution is 2.77. The molecule has 5 fully saturated rings. The van der Waals surface area contributed by atoms with Crippen LogP contribution in [-0.4, -0.2) is 47.2 Å². The second-order valence-corrected chi connectivity index (χ2v) is 19.0. The largest absolute Gasteiger partial charge is 0.481 e. The number of allylic oxidation sites excluding steroid dienone is 1. The monoisotopic (exact) mass is 683 g/mol. The van der Waals surface area contributed by atoms with Crippen LogP contribution in [0.1, 0.15) is 151 Å². The normalized spacial score (nSPS) is 41.3. The first-order chi connectivity index (χ1) is 23.0. The van der Waals surface area contributed by atoms with Crippen molar-refractivity contribution in [1.82, 2.24) is 10.6 Å². The van der Waals surface area contributed by atoms with E-state index in [1.54, 1.807) is 6.92 Å². The van der Waals surface area contributed by atoms with Gasteiger partial charge >= 0.3 is 5.97 Å². The molecule has 5 rings (SSSR count). The molecule has 49 heavy (non-hydrogen) atoms. The van der Waals surface area contributed by atoms with Crippen LogP contribution < -0.4 is 10.6 Å². The first kappa shape index (κ1) is 38.3. The predicted octanol–water partition coefficient (Wildman–Crippen LogP) is 8.30. The van der Waals surface area contributed by atoms with Crippen molar-refractivity contribution in [3.8, 4) is 0 Å². The third kappa shape index (κ3) is 6.54. The number of amides is 2. The molecule has 7 heteroatoms. The molecular formula is C42H70N2O5. The van der Waals surface area contributed by atoms with Gasteiger partial charge in [-0.3, -0.25) is 14.4 Å². The smallest absolute Gasteiger partial charge is 0.308 e. The molecule has 11 atom stereocenters. The second-order valence-electron chi connectivity index (χ2n) is 19.0. The van der Waals surface area contributed by atoms with Gasteiger partial charge in [0.05, 0.1) is 17.4 Å². The van der Waals surface area contributed by atoms with Crippen LogP contribution >= 0.6 is 0 Å². The third-order valence-electron chi connectivity index (χ3n) is 16.4. The molecule has 0 spiro atoms. The molecular weight excluding hydrogens is 612 g/mol. The molecule has 0 unspecified atom stereocenters. The van der Waals surface area contributed by atoms with Gasteiger partial charge in [0.2, 0.25) is 11.8 Å². The van der Waals surface area contributed by atoms with E-state index in [-0.39, 0.29) is 45.6 Å². The van der Waals surface area contributed by atoms with Gasteiger partial charge in [0.1, 0.15) is 0 Å². The lowest BCUT2D eigenvalue weighted by molar-refractivity contribution is -0.246. The van der Waals surface area contributed by atoms with E-state index < -0.39 is 11.9 Å². The number of fused-ring (bicyclic) bond motifs is 7. The summed E-state index contributed by atoms with van der Waals surface area (Å²) in [5, 5.41) is 26.2. The van der Waals surface area contributed by atoms with Crippen molar-refractivity contribution in [1.29, 1.82) is 0 Å². The summed E-state index contributed by atoms with van der Waals surface area (Å²) in [5.74, 6) is 1.27. The highest BCUT2D eigenvalue weighted by atomic mass is 16.4. The van der Waals surface area contributed by atoms with Crippen LogP contribution in [0, 0.1) is 62.6 Å². The molecule has 0 saturated heterocycles. The van der Waals surface area contributed by atoms with E-state index in [0.717, 1.165) is 70.6 Å². The number of nitrogens with one attached hydrogen (secondary N) is 2. The van der Waals surface area contributed by atoms with Crippen LogP contribution in [-0.2, 0) is 14.4 Å². The lowest BCUT2D eigenvalue weighted by Gasteiger charge is -2.72. The summed E-state index contributed by atoms with van der Waals surface area (Å²) in [6.45, 7) is 21.7. The predicted molar refractivity (Wildman–Crippen MR) is 195 cm³/mol. The SMILES string of the molecule is C=C(C)[C@@H]1CC[C@]2(C(=O)NCCCCCCCC(=O)NC[C@H](C)C(=O)O)CC[C@]3(C)[C@H](CC[C@@H]4[C@@]5(C)CC[C@H](O)C(C)(C)[C@@H]5CC[C@]43C)[C@@H]12. The van der Waals surface area contributed by atoms with Gasteiger partial charge in [-0.05, 0) is 135 Å². The Kier molecular flexibility index (Phi) is 11.2. The quantitative estimate of drug-likeness (QED) is 0.115. The number of carbonyl (C=O) groups is 3. The van der Waals surface area contributed by atoms with Crippen molar-refractivity contribution in [3.63, 3.8) is 0 Å². The van der Waals surface area contributed by atoms with Gasteiger partial charge in [-0.15, -0.1) is 0 Å². The first-order valence-electron chi connectivity index (χ1n) is 20.1. The number of carboxylic acid groups (broad SMARTS) is 1. The highest BCUT2D eigenvalue weighted by Gasteiger charge is 2.71. The fourth-order valence-electron chi connectivity index (χ4n) is 13.3. The van der Waals surface area contributed by atoms with E-state index in [2.05, 4.69) is 58.8 Å². The second kappa shape index (κ2) is 14.3. The number of carboxylic acids is 1. The number of rotatable bonds is 13. The number of carbonyl (C=O) groups excluding carboxylic acids is 2. The molecule has 5 aliphatic carbocycles. The van der Waals surface area contributed by atoms with Crippen LogP contribution in [0.4, 0.5) is 0 Å². The molecule has 0 aromatic heterocycles. The molecule has 0 aliphatic heterocycles. The van der Waals surface area contributed by atoms with Crippen molar-refractivity contribution < 1.29 is 24.6 Å². The molecule has 2 amide bonds. The number of aliphatic carboxylic acids is 1. The summed E-state index contributed by atoms with van der Waals surface area (Å²) in [4.78, 5) is 37.3. The fraction of sp³-hybridized carbons (Fsp3) is 0.881. The Morgan fingerprint density at radius 2 is 1.49 bits per heavy atom. The number of hydrogen-bond donors (Lipinski definition) is 4.